The van der Waals surface area contributed by atoms with Gasteiger partial charge in [0.25, 0.3) is 0 Å². The van der Waals surface area contributed by atoms with Gasteiger partial charge in [-0.15, -0.1) is 0 Å². The van der Waals surface area contributed by atoms with Gasteiger partial charge >= 0.3 is 6.18 Å². The Balaban J connectivity index is 1.87. The van der Waals surface area contributed by atoms with Crippen molar-refractivity contribution in [3.63, 3.8) is 0 Å². The van der Waals surface area contributed by atoms with Gasteiger partial charge in [0.05, 0.1) is 16.3 Å². The number of rotatable bonds is 3. The molecule has 1 heterocycles. The van der Waals surface area contributed by atoms with Crippen LogP contribution in [0.4, 0.5) is 18.9 Å². The molecule has 0 fully saturated rings. The molecule has 0 bridgehead atoms. The van der Waals surface area contributed by atoms with Crippen LogP contribution in [0.3, 0.4) is 0 Å². The van der Waals surface area contributed by atoms with Crippen molar-refractivity contribution in [3.8, 4) is 0 Å². The van der Waals surface area contributed by atoms with Gasteiger partial charge in [0, 0.05) is 5.39 Å². The third kappa shape index (κ3) is 3.38. The molecule has 0 saturated carbocycles. The summed E-state index contributed by atoms with van der Waals surface area (Å²) >= 11 is 5.92. The summed E-state index contributed by atoms with van der Waals surface area (Å²) in [6.07, 6.45) is -4.45. The average Bonchev–Trinajstić information content (AvgIpc) is 2.96. The standard InChI is InChI=1S/C17H12ClF3N2O/c1-10(16-8-11-4-2-3-5-15(11)24-16)22-23-14-9-12(17(19,20)21)6-7-13(14)18/h2-9,23H,1H3. The summed E-state index contributed by atoms with van der Waals surface area (Å²) in [4.78, 5) is 0. The maximum atomic E-state index is 12.8. The van der Waals surface area contributed by atoms with Gasteiger partial charge in [-0.3, -0.25) is 5.43 Å². The van der Waals surface area contributed by atoms with Crippen molar-refractivity contribution in [2.24, 2.45) is 5.10 Å². The Morgan fingerprint density at radius 1 is 1.12 bits per heavy atom. The van der Waals surface area contributed by atoms with Gasteiger partial charge in [0.2, 0.25) is 0 Å². The number of para-hydroxylation sites is 1. The lowest BCUT2D eigenvalue weighted by Crippen LogP contribution is -2.06. The van der Waals surface area contributed by atoms with Crippen molar-refractivity contribution >= 4 is 34.0 Å². The molecular formula is C17H12ClF3N2O. The molecule has 3 aromatic rings. The van der Waals surface area contributed by atoms with Crippen molar-refractivity contribution < 1.29 is 17.6 Å². The number of nitrogens with zero attached hydrogens (tertiary/aromatic N) is 1. The molecule has 0 spiro atoms. The number of hydrazone groups is 1. The number of nitrogens with one attached hydrogen (secondary N) is 1. The Bertz CT molecular complexity index is 883. The fraction of sp³-hybridized carbons (Fsp3) is 0.118. The minimum Gasteiger partial charge on any atom is -0.455 e. The Kier molecular flexibility index (Phi) is 4.24. The van der Waals surface area contributed by atoms with Crippen molar-refractivity contribution in [1.82, 2.24) is 0 Å². The SMILES string of the molecule is CC(=NNc1cc(C(F)(F)F)ccc1Cl)c1cc2ccccc2o1. The Hall–Kier alpha value is -2.47. The predicted octanol–water partition coefficient (Wildman–Crippen LogP) is 5.94. The summed E-state index contributed by atoms with van der Waals surface area (Å²) in [5, 5.41) is 5.12. The highest BCUT2D eigenvalue weighted by atomic mass is 35.5. The maximum Gasteiger partial charge on any atom is 0.416 e. The van der Waals surface area contributed by atoms with Crippen molar-refractivity contribution in [1.29, 1.82) is 0 Å². The van der Waals surface area contributed by atoms with Gasteiger partial charge in [0.1, 0.15) is 11.3 Å². The normalized spacial score (nSPS) is 12.6. The molecule has 7 heteroatoms. The third-order valence-corrected chi connectivity index (χ3v) is 3.75. The molecule has 2 aromatic carbocycles. The van der Waals surface area contributed by atoms with E-state index in [4.69, 9.17) is 16.0 Å². The highest BCUT2D eigenvalue weighted by Gasteiger charge is 2.30. The summed E-state index contributed by atoms with van der Waals surface area (Å²) in [5.74, 6) is 0.520. The summed E-state index contributed by atoms with van der Waals surface area (Å²) in [7, 11) is 0. The molecule has 0 atom stereocenters. The summed E-state index contributed by atoms with van der Waals surface area (Å²) in [6, 6.07) is 12.3. The molecule has 0 radical (unpaired) electrons. The van der Waals surface area contributed by atoms with Crippen LogP contribution in [-0.2, 0) is 6.18 Å². The van der Waals surface area contributed by atoms with Crippen LogP contribution in [0.15, 0.2) is 58.0 Å². The molecular weight excluding hydrogens is 341 g/mol. The van der Waals surface area contributed by atoms with Crippen molar-refractivity contribution in [3.05, 3.63) is 64.9 Å². The van der Waals surface area contributed by atoms with Crippen LogP contribution in [-0.4, -0.2) is 5.71 Å². The smallest absolute Gasteiger partial charge is 0.416 e. The highest BCUT2D eigenvalue weighted by Crippen LogP contribution is 2.33. The molecule has 0 aliphatic rings. The van der Waals surface area contributed by atoms with Gasteiger partial charge < -0.3 is 4.42 Å². The predicted molar refractivity (Wildman–Crippen MR) is 88.5 cm³/mol. The van der Waals surface area contributed by atoms with E-state index in [2.05, 4.69) is 10.5 Å². The molecule has 0 aliphatic heterocycles. The van der Waals surface area contributed by atoms with Crippen LogP contribution < -0.4 is 5.43 Å². The Labute approximate surface area is 140 Å². The van der Waals surface area contributed by atoms with E-state index in [1.807, 2.05) is 30.3 Å². The topological polar surface area (TPSA) is 37.5 Å². The molecule has 24 heavy (non-hydrogen) atoms. The molecule has 0 saturated heterocycles. The van der Waals surface area contributed by atoms with E-state index >= 15 is 0 Å². The molecule has 124 valence electrons. The van der Waals surface area contributed by atoms with E-state index in [1.54, 1.807) is 6.92 Å². The quantitative estimate of drug-likeness (QED) is 0.468. The van der Waals surface area contributed by atoms with E-state index in [-0.39, 0.29) is 10.7 Å². The monoisotopic (exact) mass is 352 g/mol. The van der Waals surface area contributed by atoms with E-state index in [0.717, 1.165) is 17.5 Å². The molecule has 1 aromatic heterocycles. The molecule has 0 amide bonds. The number of benzene rings is 2. The molecule has 0 aliphatic carbocycles. The molecule has 0 unspecified atom stereocenters. The second-order valence-electron chi connectivity index (χ2n) is 5.15. The fourth-order valence-corrected chi connectivity index (χ4v) is 2.31. The van der Waals surface area contributed by atoms with Crippen molar-refractivity contribution in [2.75, 3.05) is 5.43 Å². The minimum atomic E-state index is -4.45. The largest absolute Gasteiger partial charge is 0.455 e. The van der Waals surface area contributed by atoms with Gasteiger partial charge in [-0.25, -0.2) is 0 Å². The number of furan rings is 1. The van der Waals surface area contributed by atoms with E-state index in [9.17, 15) is 13.2 Å². The lowest BCUT2D eigenvalue weighted by atomic mass is 10.2. The van der Waals surface area contributed by atoms with Crippen LogP contribution in [0.25, 0.3) is 11.0 Å². The van der Waals surface area contributed by atoms with Gasteiger partial charge in [0.15, 0.2) is 5.76 Å². The number of hydrogen-bond acceptors (Lipinski definition) is 3. The highest BCUT2D eigenvalue weighted by molar-refractivity contribution is 6.33. The lowest BCUT2D eigenvalue weighted by molar-refractivity contribution is -0.137. The summed E-state index contributed by atoms with van der Waals surface area (Å²) in [5.41, 5.74) is 3.03. The van der Waals surface area contributed by atoms with Crippen LogP contribution in [0.2, 0.25) is 5.02 Å². The lowest BCUT2D eigenvalue weighted by Gasteiger charge is -2.10. The first-order valence-electron chi connectivity index (χ1n) is 7.00. The van der Waals surface area contributed by atoms with Crippen LogP contribution in [0, 0.1) is 0 Å². The number of anilines is 1. The van der Waals surface area contributed by atoms with Gasteiger partial charge in [-0.1, -0.05) is 29.8 Å². The van der Waals surface area contributed by atoms with Crippen LogP contribution in [0.1, 0.15) is 18.2 Å². The minimum absolute atomic E-state index is 0.0713. The zero-order chi connectivity index (χ0) is 17.3. The number of hydrogen-bond donors (Lipinski definition) is 1. The first kappa shape index (κ1) is 16.4. The van der Waals surface area contributed by atoms with E-state index < -0.39 is 11.7 Å². The summed E-state index contributed by atoms with van der Waals surface area (Å²) in [6.45, 7) is 1.69. The Morgan fingerprint density at radius 2 is 1.88 bits per heavy atom. The zero-order valence-corrected chi connectivity index (χ0v) is 13.2. The number of alkyl halides is 3. The second-order valence-corrected chi connectivity index (χ2v) is 5.56. The summed E-state index contributed by atoms with van der Waals surface area (Å²) < 4.78 is 43.9. The molecule has 3 rings (SSSR count). The molecule has 3 nitrogen and oxygen atoms in total. The van der Waals surface area contributed by atoms with Gasteiger partial charge in [-0.2, -0.15) is 18.3 Å². The van der Waals surface area contributed by atoms with Gasteiger partial charge in [-0.05, 0) is 37.3 Å². The van der Waals surface area contributed by atoms with E-state index in [1.165, 1.54) is 6.07 Å². The number of fused-ring (bicyclic) bond motifs is 1. The zero-order valence-electron chi connectivity index (χ0n) is 12.5. The van der Waals surface area contributed by atoms with Crippen LogP contribution >= 0.6 is 11.6 Å². The second kappa shape index (κ2) is 6.20. The number of halogens is 4. The average molecular weight is 353 g/mol. The first-order valence-corrected chi connectivity index (χ1v) is 7.38. The van der Waals surface area contributed by atoms with Crippen molar-refractivity contribution in [2.45, 2.75) is 13.1 Å². The molecule has 1 N–H and O–H groups in total. The first-order chi connectivity index (χ1) is 11.3. The fourth-order valence-electron chi connectivity index (χ4n) is 2.15. The maximum absolute atomic E-state index is 12.8. The Morgan fingerprint density at radius 3 is 2.58 bits per heavy atom. The van der Waals surface area contributed by atoms with Crippen LogP contribution in [0.5, 0.6) is 0 Å². The third-order valence-electron chi connectivity index (χ3n) is 3.42. The van der Waals surface area contributed by atoms with E-state index in [0.29, 0.717) is 17.1 Å².